The molecule has 8 rings (SSSR count). The van der Waals surface area contributed by atoms with Crippen LogP contribution in [0.4, 0.5) is 18.9 Å². The number of hydrogen-bond acceptors (Lipinski definition) is 1. The molecule has 4 nitrogen and oxygen atoms in total. The van der Waals surface area contributed by atoms with Gasteiger partial charge in [-0.3, -0.25) is 0 Å². The van der Waals surface area contributed by atoms with Crippen LogP contribution in [0.25, 0.3) is 71.0 Å². The topological polar surface area (TPSA) is 38.0 Å². The molecule has 7 heteroatoms. The third-order valence-electron chi connectivity index (χ3n) is 8.86. The zero-order valence-electron chi connectivity index (χ0n) is 25.0. The molecule has 0 unspecified atom stereocenters. The lowest BCUT2D eigenvalue weighted by molar-refractivity contribution is -0.137. The Morgan fingerprint density at radius 1 is 0.617 bits per heavy atom. The number of benzene rings is 6. The molecule has 0 radical (unpaired) electrons. The van der Waals surface area contributed by atoms with Crippen molar-refractivity contribution in [1.29, 1.82) is 5.26 Å². The van der Waals surface area contributed by atoms with Gasteiger partial charge in [0.15, 0.2) is 5.69 Å². The van der Waals surface area contributed by atoms with Crippen LogP contribution < -0.4 is 0 Å². The molecule has 2 aromatic heterocycles. The van der Waals surface area contributed by atoms with Gasteiger partial charge in [0.2, 0.25) is 0 Å². The van der Waals surface area contributed by atoms with Crippen LogP contribution in [-0.4, -0.2) is 9.13 Å². The highest BCUT2D eigenvalue weighted by molar-refractivity contribution is 6.10. The van der Waals surface area contributed by atoms with Crippen molar-refractivity contribution in [3.05, 3.63) is 149 Å². The number of para-hydroxylation sites is 2. The van der Waals surface area contributed by atoms with E-state index in [9.17, 15) is 18.4 Å². The maximum absolute atomic E-state index is 13.7. The Hall–Kier alpha value is -6.31. The van der Waals surface area contributed by atoms with Crippen molar-refractivity contribution < 1.29 is 13.2 Å². The van der Waals surface area contributed by atoms with Gasteiger partial charge in [-0.2, -0.15) is 18.4 Å². The molecular weight excluding hydrogens is 593 g/mol. The number of nitrogens with zero attached hydrogens (tertiary/aromatic N) is 4. The van der Waals surface area contributed by atoms with Gasteiger partial charge in [-0.05, 0) is 90.8 Å². The molecule has 0 N–H and O–H groups in total. The minimum atomic E-state index is -4.48. The predicted molar refractivity (Wildman–Crippen MR) is 181 cm³/mol. The third kappa shape index (κ3) is 4.36. The lowest BCUT2D eigenvalue weighted by Crippen LogP contribution is -2.04. The molecule has 224 valence electrons. The zero-order valence-corrected chi connectivity index (χ0v) is 25.0. The molecule has 8 aromatic rings. The molecule has 0 saturated heterocycles. The average Bonchev–Trinajstić information content (AvgIpc) is 3.59. The molecule has 0 spiro atoms. The van der Waals surface area contributed by atoms with Crippen LogP contribution in [0.3, 0.4) is 0 Å². The highest BCUT2D eigenvalue weighted by Crippen LogP contribution is 2.41. The van der Waals surface area contributed by atoms with Gasteiger partial charge in [0.25, 0.3) is 0 Å². The second-order valence-electron chi connectivity index (χ2n) is 11.6. The Bertz CT molecular complexity index is 2660. The molecule has 0 aliphatic rings. The second-order valence-corrected chi connectivity index (χ2v) is 11.6. The van der Waals surface area contributed by atoms with E-state index in [-0.39, 0.29) is 0 Å². The van der Waals surface area contributed by atoms with Crippen molar-refractivity contribution in [1.82, 2.24) is 9.13 Å². The predicted octanol–water partition coefficient (Wildman–Crippen LogP) is 11.3. The van der Waals surface area contributed by atoms with E-state index in [1.165, 1.54) is 12.1 Å². The molecule has 0 bridgehead atoms. The van der Waals surface area contributed by atoms with Gasteiger partial charge < -0.3 is 9.13 Å². The Morgan fingerprint density at radius 2 is 1.17 bits per heavy atom. The molecule has 47 heavy (non-hydrogen) atoms. The smallest absolute Gasteiger partial charge is 0.309 e. The third-order valence-corrected chi connectivity index (χ3v) is 8.86. The van der Waals surface area contributed by atoms with Crippen LogP contribution >= 0.6 is 0 Å². The monoisotopic (exact) mass is 616 g/mol. The lowest BCUT2D eigenvalue weighted by Gasteiger charge is -2.15. The van der Waals surface area contributed by atoms with Crippen molar-refractivity contribution in [2.75, 3.05) is 0 Å². The fourth-order valence-corrected chi connectivity index (χ4v) is 6.76. The number of rotatable bonds is 3. The number of aromatic nitrogens is 2. The molecule has 0 aliphatic heterocycles. The first-order valence-corrected chi connectivity index (χ1v) is 14.9. The Balaban J connectivity index is 1.38. The van der Waals surface area contributed by atoms with E-state index in [0.29, 0.717) is 44.4 Å². The van der Waals surface area contributed by atoms with Gasteiger partial charge in [-0.15, -0.1) is 0 Å². The first kappa shape index (κ1) is 28.2. The van der Waals surface area contributed by atoms with Crippen LogP contribution in [0.15, 0.2) is 121 Å². The largest absolute Gasteiger partial charge is 0.416 e. The van der Waals surface area contributed by atoms with E-state index < -0.39 is 11.7 Å². The minimum absolute atomic E-state index is 0.361. The van der Waals surface area contributed by atoms with Crippen LogP contribution in [0, 0.1) is 24.8 Å². The minimum Gasteiger partial charge on any atom is -0.309 e. The number of fused-ring (bicyclic) bond motifs is 6. The Kier molecular flexibility index (Phi) is 6.22. The van der Waals surface area contributed by atoms with Gasteiger partial charge in [-0.1, -0.05) is 54.1 Å². The highest BCUT2D eigenvalue weighted by atomic mass is 19.4. The normalized spacial score (nSPS) is 11.8. The summed E-state index contributed by atoms with van der Waals surface area (Å²) in [6, 6.07) is 38.9. The number of halogens is 3. The number of nitriles is 1. The van der Waals surface area contributed by atoms with E-state index in [1.54, 1.807) is 24.3 Å². The first-order chi connectivity index (χ1) is 22.8. The van der Waals surface area contributed by atoms with E-state index in [0.717, 1.165) is 44.6 Å². The summed E-state index contributed by atoms with van der Waals surface area (Å²) in [6.07, 6.45) is -4.48. The van der Waals surface area contributed by atoms with Gasteiger partial charge in [-0.25, -0.2) is 4.85 Å². The standard InChI is InChI=1S/C40H23F3N4/c1-24-11-17-38-33(19-24)29-7-3-5-9-36(29)46(38)27-14-12-25(23-44)31(21-27)32-22-28(15-16-35(32)45-2)47-37-10-6-4-8-30(37)34-20-26(40(41,42)43)13-18-39(34)47/h3-22H,1H3. The molecule has 0 atom stereocenters. The summed E-state index contributed by atoms with van der Waals surface area (Å²) in [7, 11) is 0. The summed E-state index contributed by atoms with van der Waals surface area (Å²) in [5.41, 5.74) is 7.25. The van der Waals surface area contributed by atoms with Crippen LogP contribution in [0.2, 0.25) is 0 Å². The summed E-state index contributed by atoms with van der Waals surface area (Å²) in [5, 5.41) is 13.6. The second kappa shape index (κ2) is 10.4. The van der Waals surface area contributed by atoms with Crippen molar-refractivity contribution in [3.63, 3.8) is 0 Å². The van der Waals surface area contributed by atoms with E-state index in [2.05, 4.69) is 52.7 Å². The zero-order chi connectivity index (χ0) is 32.4. The van der Waals surface area contributed by atoms with Gasteiger partial charge in [0, 0.05) is 32.9 Å². The molecular formula is C40H23F3N4. The maximum Gasteiger partial charge on any atom is 0.416 e. The summed E-state index contributed by atoms with van der Waals surface area (Å²) >= 11 is 0. The first-order valence-electron chi connectivity index (χ1n) is 14.9. The van der Waals surface area contributed by atoms with Crippen LogP contribution in [0.5, 0.6) is 0 Å². The molecule has 0 saturated carbocycles. The maximum atomic E-state index is 13.7. The fourth-order valence-electron chi connectivity index (χ4n) is 6.76. The Morgan fingerprint density at radius 3 is 1.79 bits per heavy atom. The SMILES string of the molecule is [C-]#[N+]c1ccc(-n2c3ccccc3c3cc(C(F)(F)F)ccc32)cc1-c1cc(-n2c3ccccc3c3cc(C)ccc32)ccc1C#N. The summed E-state index contributed by atoms with van der Waals surface area (Å²) in [6.45, 7) is 10.1. The summed E-state index contributed by atoms with van der Waals surface area (Å²) < 4.78 is 45.2. The number of aryl methyl sites for hydroxylation is 1. The summed E-state index contributed by atoms with van der Waals surface area (Å²) in [4.78, 5) is 3.81. The fraction of sp³-hybridized carbons (Fsp3) is 0.0500. The molecule has 0 fully saturated rings. The van der Waals surface area contributed by atoms with Crippen molar-refractivity contribution in [3.8, 4) is 28.6 Å². The van der Waals surface area contributed by atoms with E-state index in [1.807, 2.05) is 53.1 Å². The molecule has 2 heterocycles. The summed E-state index contributed by atoms with van der Waals surface area (Å²) in [5.74, 6) is 0. The van der Waals surface area contributed by atoms with Gasteiger partial charge in [0.05, 0.1) is 45.8 Å². The average molecular weight is 617 g/mol. The van der Waals surface area contributed by atoms with E-state index >= 15 is 0 Å². The van der Waals surface area contributed by atoms with Crippen molar-refractivity contribution in [2.24, 2.45) is 0 Å². The lowest BCUT2D eigenvalue weighted by atomic mass is 9.97. The Labute approximate surface area is 267 Å². The van der Waals surface area contributed by atoms with Crippen LogP contribution in [0.1, 0.15) is 16.7 Å². The van der Waals surface area contributed by atoms with Gasteiger partial charge >= 0.3 is 6.18 Å². The number of hydrogen-bond donors (Lipinski definition) is 0. The van der Waals surface area contributed by atoms with Crippen molar-refractivity contribution in [2.45, 2.75) is 13.1 Å². The van der Waals surface area contributed by atoms with E-state index in [4.69, 9.17) is 6.57 Å². The molecule has 6 aromatic carbocycles. The van der Waals surface area contributed by atoms with Crippen molar-refractivity contribution >= 4 is 49.3 Å². The quantitative estimate of drug-likeness (QED) is 0.182. The number of alkyl halides is 3. The van der Waals surface area contributed by atoms with Gasteiger partial charge in [0.1, 0.15) is 0 Å². The molecule has 0 aliphatic carbocycles. The highest BCUT2D eigenvalue weighted by Gasteiger charge is 2.31. The molecule has 0 amide bonds. The van der Waals surface area contributed by atoms with Crippen LogP contribution in [-0.2, 0) is 6.18 Å².